The van der Waals surface area contributed by atoms with Crippen LogP contribution >= 0.6 is 0 Å². The lowest BCUT2D eigenvalue weighted by Crippen LogP contribution is -2.41. The summed E-state index contributed by atoms with van der Waals surface area (Å²) in [6.45, 7) is 8.37. The summed E-state index contributed by atoms with van der Waals surface area (Å²) in [5, 5.41) is 4.71. The van der Waals surface area contributed by atoms with Gasteiger partial charge < -0.3 is 13.7 Å². The number of fused-ring (bicyclic) bond motifs is 4. The van der Waals surface area contributed by atoms with Crippen LogP contribution in [-0.4, -0.2) is 18.3 Å². The first-order valence-corrected chi connectivity index (χ1v) is 15.3. The van der Waals surface area contributed by atoms with Gasteiger partial charge in [-0.3, -0.25) is 0 Å². The maximum absolute atomic E-state index is 6.39. The number of para-hydroxylation sites is 1. The lowest BCUT2D eigenvalue weighted by atomic mass is 9.77. The zero-order valence-electron chi connectivity index (χ0n) is 25.4. The molecule has 7 aromatic rings. The highest BCUT2D eigenvalue weighted by Crippen LogP contribution is 2.43. The van der Waals surface area contributed by atoms with Crippen LogP contribution in [0.2, 0.25) is 0 Å². The molecular weight excluding hydrogens is 539 g/mol. The predicted molar refractivity (Wildman–Crippen MR) is 183 cm³/mol. The SMILES string of the molecule is CC1(C)OB(c2cccc(-c3ccc(-c4ccc5ccccc5c4)c(-c4cccc5oc6ccccc6c45)c3)c2)OC1(C)C. The molecule has 0 saturated carbocycles. The number of benzene rings is 6. The number of hydrogen-bond acceptors (Lipinski definition) is 3. The van der Waals surface area contributed by atoms with E-state index in [1.807, 2.05) is 12.1 Å². The normalized spacial score (nSPS) is 15.9. The van der Waals surface area contributed by atoms with Crippen LogP contribution in [0.4, 0.5) is 0 Å². The Labute approximate surface area is 258 Å². The second kappa shape index (κ2) is 9.95. The summed E-state index contributed by atoms with van der Waals surface area (Å²) in [5.74, 6) is 0. The minimum atomic E-state index is -0.415. The minimum absolute atomic E-state index is 0.394. The molecule has 1 saturated heterocycles. The lowest BCUT2D eigenvalue weighted by Gasteiger charge is -2.32. The largest absolute Gasteiger partial charge is 0.494 e. The molecule has 0 bridgehead atoms. The molecule has 4 heteroatoms. The second-order valence-corrected chi connectivity index (χ2v) is 12.8. The van der Waals surface area contributed by atoms with Gasteiger partial charge in [-0.15, -0.1) is 0 Å². The highest BCUT2D eigenvalue weighted by atomic mass is 16.7. The van der Waals surface area contributed by atoms with Gasteiger partial charge >= 0.3 is 7.12 Å². The average Bonchev–Trinajstić information content (AvgIpc) is 3.53. The van der Waals surface area contributed by atoms with Gasteiger partial charge in [0.05, 0.1) is 11.2 Å². The van der Waals surface area contributed by atoms with Crippen molar-refractivity contribution in [2.45, 2.75) is 38.9 Å². The van der Waals surface area contributed by atoms with Gasteiger partial charge in [0.15, 0.2) is 0 Å². The van der Waals surface area contributed by atoms with E-state index in [-0.39, 0.29) is 0 Å². The van der Waals surface area contributed by atoms with E-state index in [0.717, 1.165) is 49.7 Å². The molecule has 0 amide bonds. The Morgan fingerprint density at radius 3 is 2.00 bits per heavy atom. The molecule has 1 aliphatic rings. The monoisotopic (exact) mass is 572 g/mol. The minimum Gasteiger partial charge on any atom is -0.456 e. The van der Waals surface area contributed by atoms with Crippen molar-refractivity contribution in [3.05, 3.63) is 127 Å². The fraction of sp³-hybridized carbons (Fsp3) is 0.150. The molecule has 0 unspecified atom stereocenters. The Hall–Kier alpha value is -4.64. The maximum Gasteiger partial charge on any atom is 0.494 e. The lowest BCUT2D eigenvalue weighted by molar-refractivity contribution is 0.00578. The summed E-state index contributed by atoms with van der Waals surface area (Å²) in [6.07, 6.45) is 0. The van der Waals surface area contributed by atoms with E-state index in [9.17, 15) is 0 Å². The van der Waals surface area contributed by atoms with Crippen molar-refractivity contribution in [3.63, 3.8) is 0 Å². The first-order chi connectivity index (χ1) is 21.3. The van der Waals surface area contributed by atoms with E-state index >= 15 is 0 Å². The van der Waals surface area contributed by atoms with E-state index < -0.39 is 18.3 Å². The Balaban J connectivity index is 1.32. The molecule has 0 aliphatic carbocycles. The number of furan rings is 1. The van der Waals surface area contributed by atoms with Crippen LogP contribution in [0.1, 0.15) is 27.7 Å². The molecular formula is C40H33BO3. The first kappa shape index (κ1) is 27.0. The van der Waals surface area contributed by atoms with Crippen LogP contribution in [0.5, 0.6) is 0 Å². The molecule has 3 nitrogen and oxygen atoms in total. The fourth-order valence-corrected chi connectivity index (χ4v) is 6.40. The summed E-state index contributed by atoms with van der Waals surface area (Å²) in [6, 6.07) is 45.3. The predicted octanol–water partition coefficient (Wildman–Crippen LogP) is 10.0. The van der Waals surface area contributed by atoms with Gasteiger partial charge in [-0.05, 0) is 102 Å². The van der Waals surface area contributed by atoms with Crippen molar-refractivity contribution in [2.24, 2.45) is 0 Å². The van der Waals surface area contributed by atoms with E-state index in [4.69, 9.17) is 13.7 Å². The smallest absolute Gasteiger partial charge is 0.456 e. The van der Waals surface area contributed by atoms with Crippen molar-refractivity contribution in [3.8, 4) is 33.4 Å². The van der Waals surface area contributed by atoms with E-state index in [1.165, 1.54) is 21.9 Å². The van der Waals surface area contributed by atoms with Gasteiger partial charge in [0.2, 0.25) is 0 Å². The highest BCUT2D eigenvalue weighted by Gasteiger charge is 2.51. The van der Waals surface area contributed by atoms with Crippen LogP contribution in [-0.2, 0) is 9.31 Å². The van der Waals surface area contributed by atoms with Gasteiger partial charge in [0.1, 0.15) is 11.2 Å². The standard InChI is InChI=1S/C40H33BO3/c1-39(2)40(3,4)44-41(43-39)31-14-9-13-28(24-31)29-21-22-32(30-20-19-26-11-5-6-12-27(26)23-30)35(25-29)33-16-10-18-37-38(33)34-15-7-8-17-36(34)42-37/h5-25H,1-4H3. The topological polar surface area (TPSA) is 31.6 Å². The van der Waals surface area contributed by atoms with E-state index in [0.29, 0.717) is 0 Å². The molecule has 6 aromatic carbocycles. The zero-order valence-corrected chi connectivity index (χ0v) is 25.4. The molecule has 1 fully saturated rings. The summed E-state index contributed by atoms with van der Waals surface area (Å²) >= 11 is 0. The summed E-state index contributed by atoms with van der Waals surface area (Å²) in [4.78, 5) is 0. The van der Waals surface area contributed by atoms with Crippen molar-refractivity contribution in [1.29, 1.82) is 0 Å². The molecule has 0 N–H and O–H groups in total. The Morgan fingerprint density at radius 1 is 0.477 bits per heavy atom. The Morgan fingerprint density at radius 2 is 1.16 bits per heavy atom. The summed E-state index contributed by atoms with van der Waals surface area (Å²) in [5.41, 5.74) is 8.94. The van der Waals surface area contributed by atoms with Gasteiger partial charge in [-0.2, -0.15) is 0 Å². The summed E-state index contributed by atoms with van der Waals surface area (Å²) in [7, 11) is -0.415. The van der Waals surface area contributed by atoms with Crippen LogP contribution < -0.4 is 5.46 Å². The Kier molecular flexibility index (Phi) is 6.10. The molecule has 2 heterocycles. The molecule has 44 heavy (non-hydrogen) atoms. The molecule has 1 aliphatic heterocycles. The van der Waals surface area contributed by atoms with Gasteiger partial charge in [-0.1, -0.05) is 103 Å². The summed E-state index contributed by atoms with van der Waals surface area (Å²) < 4.78 is 19.1. The maximum atomic E-state index is 6.39. The van der Waals surface area contributed by atoms with Crippen molar-refractivity contribution in [2.75, 3.05) is 0 Å². The molecule has 8 rings (SSSR count). The van der Waals surface area contributed by atoms with E-state index in [2.05, 4.69) is 143 Å². The highest BCUT2D eigenvalue weighted by molar-refractivity contribution is 6.62. The molecule has 214 valence electrons. The van der Waals surface area contributed by atoms with E-state index in [1.54, 1.807) is 0 Å². The third kappa shape index (κ3) is 4.37. The molecule has 0 atom stereocenters. The fourth-order valence-electron chi connectivity index (χ4n) is 6.40. The van der Waals surface area contributed by atoms with Crippen LogP contribution in [0.15, 0.2) is 132 Å². The number of rotatable bonds is 4. The average molecular weight is 573 g/mol. The first-order valence-electron chi connectivity index (χ1n) is 15.3. The Bertz CT molecular complexity index is 2190. The van der Waals surface area contributed by atoms with Gasteiger partial charge in [-0.25, -0.2) is 0 Å². The number of hydrogen-bond donors (Lipinski definition) is 0. The molecule has 0 radical (unpaired) electrons. The van der Waals surface area contributed by atoms with Crippen LogP contribution in [0.25, 0.3) is 66.1 Å². The third-order valence-electron chi connectivity index (χ3n) is 9.52. The van der Waals surface area contributed by atoms with Crippen molar-refractivity contribution in [1.82, 2.24) is 0 Å². The van der Waals surface area contributed by atoms with Crippen LogP contribution in [0, 0.1) is 0 Å². The zero-order chi connectivity index (χ0) is 30.1. The molecule has 0 spiro atoms. The van der Waals surface area contributed by atoms with Crippen LogP contribution in [0.3, 0.4) is 0 Å². The second-order valence-electron chi connectivity index (χ2n) is 12.8. The molecule has 1 aromatic heterocycles. The van der Waals surface area contributed by atoms with Gasteiger partial charge in [0, 0.05) is 10.8 Å². The van der Waals surface area contributed by atoms with Gasteiger partial charge in [0.25, 0.3) is 0 Å². The third-order valence-corrected chi connectivity index (χ3v) is 9.52. The quantitative estimate of drug-likeness (QED) is 0.197. The van der Waals surface area contributed by atoms with Crippen molar-refractivity contribution < 1.29 is 13.7 Å². The van der Waals surface area contributed by atoms with Crippen molar-refractivity contribution >= 4 is 45.3 Å².